The number of nitrogen functional groups attached to an aromatic ring is 1. The maximum absolute atomic E-state index is 13.3. The molecule has 4 heteroatoms. The maximum atomic E-state index is 13.3. The number of anilines is 1. The maximum Gasteiger partial charge on any atom is 0.146 e. The van der Waals surface area contributed by atoms with E-state index in [1.807, 2.05) is 18.0 Å². The lowest BCUT2D eigenvalue weighted by atomic mass is 10.1. The molecule has 2 nitrogen and oxygen atoms in total. The van der Waals surface area contributed by atoms with Crippen LogP contribution in [0, 0.1) is 11.6 Å². The predicted octanol–water partition coefficient (Wildman–Crippen LogP) is 3.18. The molecule has 0 fully saturated rings. The summed E-state index contributed by atoms with van der Waals surface area (Å²) in [6.45, 7) is 1.18. The van der Waals surface area contributed by atoms with E-state index in [1.165, 1.54) is 18.2 Å². The summed E-state index contributed by atoms with van der Waals surface area (Å²) in [4.78, 5) is 1.99. The highest BCUT2D eigenvalue weighted by Gasteiger charge is 2.05. The molecule has 0 radical (unpaired) electrons. The van der Waals surface area contributed by atoms with Crippen LogP contribution in [0.2, 0.25) is 0 Å². The van der Waals surface area contributed by atoms with Gasteiger partial charge in [-0.15, -0.1) is 0 Å². The van der Waals surface area contributed by atoms with Gasteiger partial charge in [-0.1, -0.05) is 18.2 Å². The van der Waals surface area contributed by atoms with Crippen LogP contribution in [0.15, 0.2) is 42.5 Å². The summed E-state index contributed by atoms with van der Waals surface area (Å²) in [6.07, 6.45) is 0. The number of hydrogen-bond acceptors (Lipinski definition) is 2. The Balaban J connectivity index is 2.01. The molecule has 0 unspecified atom stereocenters. The van der Waals surface area contributed by atoms with E-state index in [-0.39, 0.29) is 11.5 Å². The van der Waals surface area contributed by atoms with E-state index >= 15 is 0 Å². The third-order valence-corrected chi connectivity index (χ3v) is 2.86. The average Bonchev–Trinajstić information content (AvgIpc) is 2.34. The third-order valence-electron chi connectivity index (χ3n) is 2.86. The fourth-order valence-electron chi connectivity index (χ4n) is 1.98. The van der Waals surface area contributed by atoms with Crippen molar-refractivity contribution in [3.63, 3.8) is 0 Å². The second kappa shape index (κ2) is 5.80. The summed E-state index contributed by atoms with van der Waals surface area (Å²) in [5.41, 5.74) is 7.30. The van der Waals surface area contributed by atoms with Crippen molar-refractivity contribution in [2.24, 2.45) is 0 Å². The fraction of sp³-hybridized carbons (Fsp3) is 0.200. The minimum absolute atomic E-state index is 0.150. The lowest BCUT2D eigenvalue weighted by Gasteiger charge is -2.17. The molecule has 0 bridgehead atoms. The zero-order chi connectivity index (χ0) is 13.8. The average molecular weight is 262 g/mol. The summed E-state index contributed by atoms with van der Waals surface area (Å²) in [5, 5.41) is 0. The smallest absolute Gasteiger partial charge is 0.146 e. The first-order valence-electron chi connectivity index (χ1n) is 6.01. The van der Waals surface area contributed by atoms with Crippen LogP contribution in [0.3, 0.4) is 0 Å². The van der Waals surface area contributed by atoms with E-state index in [9.17, 15) is 8.78 Å². The van der Waals surface area contributed by atoms with Gasteiger partial charge in [0.1, 0.15) is 11.6 Å². The standard InChI is InChI=1S/C15H16F2N2/c1-19(9-11-3-2-4-13(16)7-11)10-12-5-6-15(18)14(17)8-12/h2-8H,9-10,18H2,1H3. The largest absolute Gasteiger partial charge is 0.396 e. The first-order chi connectivity index (χ1) is 9.04. The lowest BCUT2D eigenvalue weighted by Crippen LogP contribution is -2.17. The van der Waals surface area contributed by atoms with Gasteiger partial charge < -0.3 is 5.73 Å². The van der Waals surface area contributed by atoms with Gasteiger partial charge in [0.2, 0.25) is 0 Å². The van der Waals surface area contributed by atoms with Crippen LogP contribution in [0.5, 0.6) is 0 Å². The van der Waals surface area contributed by atoms with E-state index in [1.54, 1.807) is 18.2 Å². The van der Waals surface area contributed by atoms with Crippen molar-refractivity contribution in [3.8, 4) is 0 Å². The number of hydrogen-bond donors (Lipinski definition) is 1. The van der Waals surface area contributed by atoms with Gasteiger partial charge in [0.25, 0.3) is 0 Å². The molecule has 0 atom stereocenters. The van der Waals surface area contributed by atoms with Gasteiger partial charge >= 0.3 is 0 Å². The molecule has 2 rings (SSSR count). The van der Waals surface area contributed by atoms with Crippen molar-refractivity contribution >= 4 is 5.69 Å². The second-order valence-corrected chi connectivity index (χ2v) is 4.66. The monoisotopic (exact) mass is 262 g/mol. The van der Waals surface area contributed by atoms with E-state index < -0.39 is 5.82 Å². The van der Waals surface area contributed by atoms with E-state index in [0.717, 1.165) is 11.1 Å². The summed E-state index contributed by atoms with van der Waals surface area (Å²) in [6, 6.07) is 11.2. The van der Waals surface area contributed by atoms with Gasteiger partial charge in [-0.25, -0.2) is 8.78 Å². The molecule has 2 aromatic rings. The third kappa shape index (κ3) is 3.76. The van der Waals surface area contributed by atoms with Crippen LogP contribution in [0.4, 0.5) is 14.5 Å². The van der Waals surface area contributed by atoms with Crippen molar-refractivity contribution in [2.75, 3.05) is 12.8 Å². The molecule has 0 aliphatic carbocycles. The molecule has 0 aliphatic heterocycles. The Kier molecular flexibility index (Phi) is 4.12. The van der Waals surface area contributed by atoms with Crippen LogP contribution in [0.1, 0.15) is 11.1 Å². The molecular formula is C15H16F2N2. The van der Waals surface area contributed by atoms with Crippen LogP contribution >= 0.6 is 0 Å². The highest BCUT2D eigenvalue weighted by atomic mass is 19.1. The normalized spacial score (nSPS) is 10.9. The highest BCUT2D eigenvalue weighted by molar-refractivity contribution is 5.41. The Morgan fingerprint density at radius 2 is 1.68 bits per heavy atom. The minimum atomic E-state index is -0.406. The summed E-state index contributed by atoms with van der Waals surface area (Å²) < 4.78 is 26.4. The molecule has 2 aromatic carbocycles. The van der Waals surface area contributed by atoms with Crippen molar-refractivity contribution in [3.05, 3.63) is 65.2 Å². The van der Waals surface area contributed by atoms with Gasteiger partial charge in [0.15, 0.2) is 0 Å². The SMILES string of the molecule is CN(Cc1cccc(F)c1)Cc1ccc(N)c(F)c1. The highest BCUT2D eigenvalue weighted by Crippen LogP contribution is 2.14. The number of nitrogens with zero attached hydrogens (tertiary/aromatic N) is 1. The topological polar surface area (TPSA) is 29.3 Å². The van der Waals surface area contributed by atoms with Gasteiger partial charge in [0, 0.05) is 13.1 Å². The Hall–Kier alpha value is -1.94. The Morgan fingerprint density at radius 1 is 1.00 bits per heavy atom. The molecule has 0 amide bonds. The molecule has 0 spiro atoms. The van der Waals surface area contributed by atoms with Crippen LogP contribution in [0.25, 0.3) is 0 Å². The molecule has 0 aromatic heterocycles. The van der Waals surface area contributed by atoms with Crippen LogP contribution in [-0.4, -0.2) is 11.9 Å². The van der Waals surface area contributed by atoms with Gasteiger partial charge in [-0.05, 0) is 42.4 Å². The van der Waals surface area contributed by atoms with Crippen LogP contribution in [-0.2, 0) is 13.1 Å². The van der Waals surface area contributed by atoms with Crippen molar-refractivity contribution in [1.82, 2.24) is 4.90 Å². The van der Waals surface area contributed by atoms with E-state index in [4.69, 9.17) is 5.73 Å². The summed E-state index contributed by atoms with van der Waals surface area (Å²) in [5.74, 6) is -0.652. The van der Waals surface area contributed by atoms with Crippen molar-refractivity contribution in [2.45, 2.75) is 13.1 Å². The molecule has 0 saturated heterocycles. The quantitative estimate of drug-likeness (QED) is 0.857. The van der Waals surface area contributed by atoms with Gasteiger partial charge in [-0.2, -0.15) is 0 Å². The second-order valence-electron chi connectivity index (χ2n) is 4.66. The van der Waals surface area contributed by atoms with Gasteiger partial charge in [-0.3, -0.25) is 4.90 Å². The molecular weight excluding hydrogens is 246 g/mol. The Morgan fingerprint density at radius 3 is 2.32 bits per heavy atom. The zero-order valence-corrected chi connectivity index (χ0v) is 10.7. The van der Waals surface area contributed by atoms with E-state index in [2.05, 4.69) is 0 Å². The Bertz CT molecular complexity index is 570. The fourth-order valence-corrected chi connectivity index (χ4v) is 1.98. The molecule has 2 N–H and O–H groups in total. The molecule has 19 heavy (non-hydrogen) atoms. The van der Waals surface area contributed by atoms with Crippen molar-refractivity contribution < 1.29 is 8.78 Å². The van der Waals surface area contributed by atoms with Crippen LogP contribution < -0.4 is 5.73 Å². The molecule has 0 aliphatic rings. The summed E-state index contributed by atoms with van der Waals surface area (Å²) in [7, 11) is 1.90. The first-order valence-corrected chi connectivity index (χ1v) is 6.01. The number of halogens is 2. The minimum Gasteiger partial charge on any atom is -0.396 e. The number of nitrogens with two attached hydrogens (primary N) is 1. The van der Waals surface area contributed by atoms with E-state index in [0.29, 0.717) is 13.1 Å². The first kappa shape index (κ1) is 13.5. The predicted molar refractivity (Wildman–Crippen MR) is 72.4 cm³/mol. The molecule has 0 saturated carbocycles. The molecule has 100 valence electrons. The lowest BCUT2D eigenvalue weighted by molar-refractivity contribution is 0.318. The zero-order valence-electron chi connectivity index (χ0n) is 10.7. The number of benzene rings is 2. The summed E-state index contributed by atoms with van der Waals surface area (Å²) >= 11 is 0. The van der Waals surface area contributed by atoms with Gasteiger partial charge in [0.05, 0.1) is 5.69 Å². The number of rotatable bonds is 4. The Labute approximate surface area is 111 Å². The van der Waals surface area contributed by atoms with Crippen molar-refractivity contribution in [1.29, 1.82) is 0 Å². The molecule has 0 heterocycles.